The molecule has 0 bridgehead atoms. The zero-order valence-corrected chi connectivity index (χ0v) is 9.80. The highest BCUT2D eigenvalue weighted by molar-refractivity contribution is 5.59. The zero-order valence-electron chi connectivity index (χ0n) is 9.80. The standard InChI is InChI=1S/C12H17FN2O/c1-14-7-10-5-4-9(6-11(10)13)12(16-3)8-15-2/h4-6,8,14-15H,7H2,1-3H3/b12-8-. The van der Waals surface area contributed by atoms with Crippen molar-refractivity contribution in [2.45, 2.75) is 6.54 Å². The van der Waals surface area contributed by atoms with Crippen LogP contribution in [-0.4, -0.2) is 21.2 Å². The molecule has 3 nitrogen and oxygen atoms in total. The number of ether oxygens (including phenoxy) is 1. The normalized spacial score (nSPS) is 11.4. The minimum absolute atomic E-state index is 0.231. The predicted molar refractivity (Wildman–Crippen MR) is 63.2 cm³/mol. The molecule has 0 unspecified atom stereocenters. The Morgan fingerprint density at radius 1 is 1.44 bits per heavy atom. The Hall–Kier alpha value is -1.55. The predicted octanol–water partition coefficient (Wildman–Crippen LogP) is 1.71. The largest absolute Gasteiger partial charge is 0.495 e. The lowest BCUT2D eigenvalue weighted by atomic mass is 10.1. The van der Waals surface area contributed by atoms with E-state index >= 15 is 0 Å². The maximum Gasteiger partial charge on any atom is 0.141 e. The summed E-state index contributed by atoms with van der Waals surface area (Å²) >= 11 is 0. The minimum atomic E-state index is -0.231. The molecule has 1 aromatic rings. The van der Waals surface area contributed by atoms with E-state index < -0.39 is 0 Å². The Labute approximate surface area is 95.3 Å². The smallest absolute Gasteiger partial charge is 0.141 e. The van der Waals surface area contributed by atoms with Crippen molar-refractivity contribution < 1.29 is 9.13 Å². The molecule has 1 aromatic carbocycles. The Morgan fingerprint density at radius 2 is 2.19 bits per heavy atom. The number of methoxy groups -OCH3 is 1. The number of hydrogen-bond acceptors (Lipinski definition) is 3. The van der Waals surface area contributed by atoms with Gasteiger partial charge in [0, 0.05) is 30.9 Å². The molecule has 1 rings (SSSR count). The van der Waals surface area contributed by atoms with E-state index in [1.54, 1.807) is 33.5 Å². The van der Waals surface area contributed by atoms with Crippen molar-refractivity contribution in [2.75, 3.05) is 21.2 Å². The van der Waals surface area contributed by atoms with Gasteiger partial charge in [0.1, 0.15) is 11.6 Å². The Bertz CT molecular complexity index is 377. The average molecular weight is 224 g/mol. The topological polar surface area (TPSA) is 33.3 Å². The van der Waals surface area contributed by atoms with E-state index in [0.717, 1.165) is 0 Å². The fraction of sp³-hybridized carbons (Fsp3) is 0.333. The van der Waals surface area contributed by atoms with E-state index in [1.807, 2.05) is 6.07 Å². The molecular formula is C12H17FN2O. The molecule has 0 amide bonds. The molecule has 0 aromatic heterocycles. The highest BCUT2D eigenvalue weighted by Crippen LogP contribution is 2.18. The fourth-order valence-electron chi connectivity index (χ4n) is 1.43. The van der Waals surface area contributed by atoms with Gasteiger partial charge in [-0.05, 0) is 13.1 Å². The lowest BCUT2D eigenvalue weighted by molar-refractivity contribution is 0.368. The Morgan fingerprint density at radius 3 is 2.69 bits per heavy atom. The molecule has 0 aliphatic rings. The van der Waals surface area contributed by atoms with E-state index in [4.69, 9.17) is 4.74 Å². The molecule has 0 heterocycles. The van der Waals surface area contributed by atoms with Crippen molar-refractivity contribution >= 4 is 5.76 Å². The van der Waals surface area contributed by atoms with Crippen LogP contribution in [0.3, 0.4) is 0 Å². The highest BCUT2D eigenvalue weighted by atomic mass is 19.1. The van der Waals surface area contributed by atoms with Crippen LogP contribution in [0.15, 0.2) is 24.4 Å². The second-order valence-electron chi connectivity index (χ2n) is 3.34. The van der Waals surface area contributed by atoms with Gasteiger partial charge in [0.25, 0.3) is 0 Å². The lowest BCUT2D eigenvalue weighted by Crippen LogP contribution is -2.07. The summed E-state index contributed by atoms with van der Waals surface area (Å²) in [4.78, 5) is 0. The van der Waals surface area contributed by atoms with Crippen LogP contribution in [0.1, 0.15) is 11.1 Å². The average Bonchev–Trinajstić information content (AvgIpc) is 2.29. The molecule has 0 saturated heterocycles. The molecule has 4 heteroatoms. The molecule has 0 aliphatic heterocycles. The first kappa shape index (κ1) is 12.5. The monoisotopic (exact) mass is 224 g/mol. The van der Waals surface area contributed by atoms with Crippen molar-refractivity contribution in [3.8, 4) is 0 Å². The quantitative estimate of drug-likeness (QED) is 0.747. The molecule has 0 atom stereocenters. The number of halogens is 1. The summed E-state index contributed by atoms with van der Waals surface area (Å²) in [6, 6.07) is 5.06. The van der Waals surface area contributed by atoms with Gasteiger partial charge in [0.15, 0.2) is 0 Å². The Kier molecular flexibility index (Phi) is 4.79. The number of rotatable bonds is 5. The van der Waals surface area contributed by atoms with Gasteiger partial charge >= 0.3 is 0 Å². The maximum absolute atomic E-state index is 13.6. The SMILES string of the molecule is CN/C=C(\OC)c1ccc(CNC)c(F)c1. The summed E-state index contributed by atoms with van der Waals surface area (Å²) in [5, 5.41) is 5.77. The molecule has 0 saturated carbocycles. The second-order valence-corrected chi connectivity index (χ2v) is 3.34. The van der Waals surface area contributed by atoms with Gasteiger partial charge in [-0.3, -0.25) is 0 Å². The number of hydrogen-bond donors (Lipinski definition) is 2. The van der Waals surface area contributed by atoms with E-state index in [9.17, 15) is 4.39 Å². The first-order valence-corrected chi connectivity index (χ1v) is 5.07. The van der Waals surface area contributed by atoms with Gasteiger partial charge in [-0.1, -0.05) is 12.1 Å². The molecule has 0 fully saturated rings. The van der Waals surface area contributed by atoms with E-state index in [-0.39, 0.29) is 5.82 Å². The molecule has 0 radical (unpaired) electrons. The van der Waals surface area contributed by atoms with Crippen LogP contribution >= 0.6 is 0 Å². The van der Waals surface area contributed by atoms with Gasteiger partial charge in [0.05, 0.1) is 7.11 Å². The van der Waals surface area contributed by atoms with Crippen molar-refractivity contribution in [2.24, 2.45) is 0 Å². The third-order valence-electron chi connectivity index (χ3n) is 2.20. The van der Waals surface area contributed by atoms with Crippen LogP contribution in [0, 0.1) is 5.82 Å². The van der Waals surface area contributed by atoms with Crippen LogP contribution in [-0.2, 0) is 11.3 Å². The van der Waals surface area contributed by atoms with Crippen LogP contribution in [0.5, 0.6) is 0 Å². The van der Waals surface area contributed by atoms with Crippen molar-refractivity contribution in [1.82, 2.24) is 10.6 Å². The Balaban J connectivity index is 2.99. The summed E-state index contributed by atoms with van der Waals surface area (Å²) in [5.41, 5.74) is 1.36. The van der Waals surface area contributed by atoms with Crippen molar-refractivity contribution in [3.63, 3.8) is 0 Å². The lowest BCUT2D eigenvalue weighted by Gasteiger charge is -2.08. The van der Waals surface area contributed by atoms with Crippen LogP contribution in [0.25, 0.3) is 5.76 Å². The van der Waals surface area contributed by atoms with Gasteiger partial charge in [-0.2, -0.15) is 0 Å². The van der Waals surface area contributed by atoms with Gasteiger partial charge in [-0.25, -0.2) is 4.39 Å². The maximum atomic E-state index is 13.6. The highest BCUT2D eigenvalue weighted by Gasteiger charge is 2.06. The van der Waals surface area contributed by atoms with E-state index in [2.05, 4.69) is 10.6 Å². The summed E-state index contributed by atoms with van der Waals surface area (Å²) < 4.78 is 18.8. The van der Waals surface area contributed by atoms with Crippen molar-refractivity contribution in [1.29, 1.82) is 0 Å². The van der Waals surface area contributed by atoms with Crippen LogP contribution < -0.4 is 10.6 Å². The molecule has 16 heavy (non-hydrogen) atoms. The minimum Gasteiger partial charge on any atom is -0.495 e. The third-order valence-corrected chi connectivity index (χ3v) is 2.20. The fourth-order valence-corrected chi connectivity index (χ4v) is 1.43. The van der Waals surface area contributed by atoms with Gasteiger partial charge < -0.3 is 15.4 Å². The van der Waals surface area contributed by atoms with Gasteiger partial charge in [0.2, 0.25) is 0 Å². The summed E-state index contributed by atoms with van der Waals surface area (Å²) in [5.74, 6) is 0.378. The molecule has 0 aliphatic carbocycles. The van der Waals surface area contributed by atoms with Crippen molar-refractivity contribution in [3.05, 3.63) is 41.3 Å². The molecule has 88 valence electrons. The van der Waals surface area contributed by atoms with Crippen LogP contribution in [0.4, 0.5) is 4.39 Å². The summed E-state index contributed by atoms with van der Waals surface area (Å²) in [6.45, 7) is 0.518. The number of benzene rings is 1. The third kappa shape index (κ3) is 2.97. The second kappa shape index (κ2) is 6.12. The first-order valence-electron chi connectivity index (χ1n) is 5.07. The molecule has 0 spiro atoms. The summed E-state index contributed by atoms with van der Waals surface area (Å²) in [6.07, 6.45) is 1.69. The molecular weight excluding hydrogens is 207 g/mol. The van der Waals surface area contributed by atoms with E-state index in [1.165, 1.54) is 6.07 Å². The van der Waals surface area contributed by atoms with Gasteiger partial charge in [-0.15, -0.1) is 0 Å². The van der Waals surface area contributed by atoms with Crippen LogP contribution in [0.2, 0.25) is 0 Å². The number of nitrogens with one attached hydrogen (secondary N) is 2. The molecule has 2 N–H and O–H groups in total. The zero-order chi connectivity index (χ0) is 12.0. The summed E-state index contributed by atoms with van der Waals surface area (Å²) in [7, 11) is 5.11. The van der Waals surface area contributed by atoms with E-state index in [0.29, 0.717) is 23.4 Å². The first-order chi connectivity index (χ1) is 7.72.